The molecule has 0 aliphatic carbocycles. The molecule has 4 aromatic rings. The Balaban J connectivity index is 1.55. The Hall–Kier alpha value is -3.26. The van der Waals surface area contributed by atoms with E-state index < -0.39 is 5.76 Å². The summed E-state index contributed by atoms with van der Waals surface area (Å²) in [5.41, 5.74) is 2.20. The van der Waals surface area contributed by atoms with E-state index in [1.807, 2.05) is 29.6 Å². The number of halogens is 1. The lowest BCUT2D eigenvalue weighted by molar-refractivity contribution is 0.415. The Morgan fingerprint density at radius 1 is 1.11 bits per heavy atom. The molecule has 0 fully saturated rings. The normalized spacial score (nSPS) is 10.9. The Kier molecular flexibility index (Phi) is 4.55. The Morgan fingerprint density at radius 2 is 1.81 bits per heavy atom. The summed E-state index contributed by atoms with van der Waals surface area (Å²) in [6.45, 7) is 0.191. The number of methoxy groups -OCH3 is 1. The van der Waals surface area contributed by atoms with Crippen molar-refractivity contribution in [2.24, 2.45) is 0 Å². The van der Waals surface area contributed by atoms with Gasteiger partial charge in [0.2, 0.25) is 5.89 Å². The average Bonchev–Trinajstić information content (AvgIpc) is 3.30. The van der Waals surface area contributed by atoms with E-state index in [1.165, 1.54) is 40.3 Å². The minimum Gasteiger partial charge on any atom is -0.497 e. The summed E-state index contributed by atoms with van der Waals surface area (Å²) in [5.74, 6) is -0.0361. The number of nitrogens with zero attached hydrogens (tertiary/aromatic N) is 3. The highest BCUT2D eigenvalue weighted by Gasteiger charge is 2.13. The van der Waals surface area contributed by atoms with Crippen LogP contribution in [0.25, 0.3) is 22.0 Å². The minimum absolute atomic E-state index is 0.144. The molecular weight excluding hydrogens is 369 g/mol. The number of thiazole rings is 1. The quantitative estimate of drug-likeness (QED) is 0.524. The van der Waals surface area contributed by atoms with Crippen LogP contribution in [0.3, 0.4) is 0 Å². The van der Waals surface area contributed by atoms with Crippen molar-refractivity contribution in [2.45, 2.75) is 6.54 Å². The van der Waals surface area contributed by atoms with Gasteiger partial charge < -0.3 is 9.15 Å². The van der Waals surface area contributed by atoms with Crippen LogP contribution in [0.5, 0.6) is 5.75 Å². The second-order valence-corrected chi connectivity index (χ2v) is 6.57. The van der Waals surface area contributed by atoms with Crippen molar-refractivity contribution < 1.29 is 13.5 Å². The largest absolute Gasteiger partial charge is 0.497 e. The van der Waals surface area contributed by atoms with Gasteiger partial charge in [0.15, 0.2) is 0 Å². The molecule has 0 spiro atoms. The van der Waals surface area contributed by atoms with E-state index in [-0.39, 0.29) is 18.3 Å². The van der Waals surface area contributed by atoms with Gasteiger partial charge in [-0.05, 0) is 48.5 Å². The third-order valence-electron chi connectivity index (χ3n) is 3.90. The van der Waals surface area contributed by atoms with Gasteiger partial charge >= 0.3 is 5.76 Å². The van der Waals surface area contributed by atoms with E-state index in [1.54, 1.807) is 7.11 Å². The molecule has 0 radical (unpaired) electrons. The van der Waals surface area contributed by atoms with Crippen molar-refractivity contribution in [1.82, 2.24) is 14.8 Å². The lowest BCUT2D eigenvalue weighted by atomic mass is 10.2. The van der Waals surface area contributed by atoms with Crippen LogP contribution in [0.1, 0.15) is 5.69 Å². The average molecular weight is 383 g/mol. The van der Waals surface area contributed by atoms with Crippen molar-refractivity contribution in [2.75, 3.05) is 7.11 Å². The van der Waals surface area contributed by atoms with E-state index in [2.05, 4.69) is 10.1 Å². The maximum absolute atomic E-state index is 13.0. The summed E-state index contributed by atoms with van der Waals surface area (Å²) < 4.78 is 24.5. The highest BCUT2D eigenvalue weighted by atomic mass is 32.1. The molecule has 0 aliphatic heterocycles. The standard InChI is InChI=1S/C19H14FN3O3S/c1-25-16-8-4-13(5-9-16)18-21-15(11-27-18)10-23-19(24)26-17(22-23)12-2-6-14(20)7-3-12/h2-9,11H,10H2,1H3. The van der Waals surface area contributed by atoms with Gasteiger partial charge in [-0.3, -0.25) is 0 Å². The van der Waals surface area contributed by atoms with Crippen LogP contribution < -0.4 is 10.5 Å². The molecule has 0 atom stereocenters. The fourth-order valence-electron chi connectivity index (χ4n) is 2.51. The molecule has 136 valence electrons. The number of rotatable bonds is 5. The maximum atomic E-state index is 13.0. The first-order valence-corrected chi connectivity index (χ1v) is 8.93. The molecule has 0 amide bonds. The van der Waals surface area contributed by atoms with E-state index in [0.717, 1.165) is 16.3 Å². The zero-order valence-corrected chi connectivity index (χ0v) is 15.1. The summed E-state index contributed by atoms with van der Waals surface area (Å²) in [4.78, 5) is 16.6. The molecule has 0 saturated heterocycles. The fourth-order valence-corrected chi connectivity index (χ4v) is 3.33. The second-order valence-electron chi connectivity index (χ2n) is 5.71. The number of aromatic nitrogens is 3. The SMILES string of the molecule is COc1ccc(-c2nc(Cn3nc(-c4ccc(F)cc4)oc3=O)cs2)cc1. The first kappa shape index (κ1) is 17.2. The van der Waals surface area contributed by atoms with Gasteiger partial charge in [-0.15, -0.1) is 16.4 Å². The van der Waals surface area contributed by atoms with Gasteiger partial charge in [0.05, 0.1) is 19.3 Å². The van der Waals surface area contributed by atoms with E-state index in [9.17, 15) is 9.18 Å². The predicted octanol–water partition coefficient (Wildman–Crippen LogP) is 3.82. The molecule has 8 heteroatoms. The van der Waals surface area contributed by atoms with Crippen molar-refractivity contribution in [3.05, 3.63) is 76.0 Å². The summed E-state index contributed by atoms with van der Waals surface area (Å²) in [6.07, 6.45) is 0. The van der Waals surface area contributed by atoms with Crippen molar-refractivity contribution >= 4 is 11.3 Å². The first-order valence-electron chi connectivity index (χ1n) is 8.05. The lowest BCUT2D eigenvalue weighted by Gasteiger charge is -2.00. The van der Waals surface area contributed by atoms with Gasteiger partial charge in [0, 0.05) is 16.5 Å². The molecule has 0 unspecified atom stereocenters. The molecule has 2 aromatic heterocycles. The second kappa shape index (κ2) is 7.16. The Bertz CT molecular complexity index is 1110. The number of ether oxygens (including phenoxy) is 1. The molecule has 2 aromatic carbocycles. The van der Waals surface area contributed by atoms with E-state index >= 15 is 0 Å². The maximum Gasteiger partial charge on any atom is 0.437 e. The van der Waals surface area contributed by atoms with Gasteiger partial charge in [-0.25, -0.2) is 14.2 Å². The number of benzene rings is 2. The van der Waals surface area contributed by atoms with E-state index in [4.69, 9.17) is 9.15 Å². The number of hydrogen-bond donors (Lipinski definition) is 0. The van der Waals surface area contributed by atoms with Crippen LogP contribution in [-0.2, 0) is 6.54 Å². The van der Waals surface area contributed by atoms with Crippen LogP contribution >= 0.6 is 11.3 Å². The van der Waals surface area contributed by atoms with Crippen molar-refractivity contribution in [3.8, 4) is 27.8 Å². The summed E-state index contributed by atoms with van der Waals surface area (Å²) in [5, 5.41) is 6.88. The van der Waals surface area contributed by atoms with Gasteiger partial charge in [-0.1, -0.05) is 0 Å². The molecule has 2 heterocycles. The third-order valence-corrected chi connectivity index (χ3v) is 4.84. The van der Waals surface area contributed by atoms with Crippen LogP contribution in [-0.4, -0.2) is 21.9 Å². The Labute approximate surface area is 157 Å². The molecule has 0 aliphatic rings. The Morgan fingerprint density at radius 3 is 2.52 bits per heavy atom. The third kappa shape index (κ3) is 3.65. The van der Waals surface area contributed by atoms with E-state index in [0.29, 0.717) is 11.3 Å². The summed E-state index contributed by atoms with van der Waals surface area (Å²) in [6, 6.07) is 13.2. The van der Waals surface area contributed by atoms with Gasteiger partial charge in [0.25, 0.3) is 0 Å². The summed E-state index contributed by atoms with van der Waals surface area (Å²) >= 11 is 1.48. The molecule has 0 saturated carbocycles. The summed E-state index contributed by atoms with van der Waals surface area (Å²) in [7, 11) is 1.62. The highest BCUT2D eigenvalue weighted by Crippen LogP contribution is 2.26. The number of hydrogen-bond acceptors (Lipinski definition) is 6. The van der Waals surface area contributed by atoms with Gasteiger partial charge in [-0.2, -0.15) is 4.68 Å². The van der Waals surface area contributed by atoms with Crippen LogP contribution in [0.2, 0.25) is 0 Å². The zero-order valence-electron chi connectivity index (χ0n) is 14.3. The molecular formula is C19H14FN3O3S. The van der Waals surface area contributed by atoms with Crippen LogP contribution in [0.15, 0.2) is 63.1 Å². The first-order chi connectivity index (χ1) is 13.1. The minimum atomic E-state index is -0.590. The monoisotopic (exact) mass is 383 g/mol. The topological polar surface area (TPSA) is 70.2 Å². The zero-order chi connectivity index (χ0) is 18.8. The van der Waals surface area contributed by atoms with Crippen molar-refractivity contribution in [1.29, 1.82) is 0 Å². The van der Waals surface area contributed by atoms with Crippen molar-refractivity contribution in [3.63, 3.8) is 0 Å². The highest BCUT2D eigenvalue weighted by molar-refractivity contribution is 7.13. The van der Waals surface area contributed by atoms with Gasteiger partial charge in [0.1, 0.15) is 16.6 Å². The van der Waals surface area contributed by atoms with Crippen LogP contribution in [0.4, 0.5) is 4.39 Å². The lowest BCUT2D eigenvalue weighted by Crippen LogP contribution is -2.16. The predicted molar refractivity (Wildman–Crippen MR) is 99.4 cm³/mol. The molecule has 6 nitrogen and oxygen atoms in total. The van der Waals surface area contributed by atoms with Crippen LogP contribution in [0, 0.1) is 5.82 Å². The fraction of sp³-hybridized carbons (Fsp3) is 0.105. The molecule has 27 heavy (non-hydrogen) atoms. The smallest absolute Gasteiger partial charge is 0.437 e. The molecule has 0 bridgehead atoms. The molecule has 0 N–H and O–H groups in total. The molecule has 4 rings (SSSR count).